The summed E-state index contributed by atoms with van der Waals surface area (Å²) in [4.78, 5) is 4.02. The van der Waals surface area contributed by atoms with Crippen LogP contribution in [0, 0.1) is 0 Å². The highest BCUT2D eigenvalue weighted by atomic mass is 16.5. The number of ether oxygens (including phenoxy) is 1. The van der Waals surface area contributed by atoms with Gasteiger partial charge in [-0.15, -0.1) is 0 Å². The largest absolute Gasteiger partial charge is 0.455 e. The third-order valence-electron chi connectivity index (χ3n) is 1.97. The van der Waals surface area contributed by atoms with Crippen molar-refractivity contribution in [3.8, 4) is 11.5 Å². The molecule has 3 nitrogen and oxygen atoms in total. The molecule has 2 aromatic rings. The second-order valence-electron chi connectivity index (χ2n) is 3.02. The number of para-hydroxylation sites is 1. The van der Waals surface area contributed by atoms with Gasteiger partial charge in [0.05, 0.1) is 6.61 Å². The van der Waals surface area contributed by atoms with Crippen molar-refractivity contribution >= 4 is 0 Å². The molecule has 2 rings (SSSR count). The summed E-state index contributed by atoms with van der Waals surface area (Å²) in [5.41, 5.74) is 0.543. The molecular weight excluding hydrogens is 190 g/mol. The van der Waals surface area contributed by atoms with Crippen LogP contribution in [0.1, 0.15) is 5.69 Å². The van der Waals surface area contributed by atoms with Crippen molar-refractivity contribution in [3.63, 3.8) is 0 Å². The van der Waals surface area contributed by atoms with Crippen molar-refractivity contribution < 1.29 is 9.84 Å². The molecule has 0 aliphatic heterocycles. The molecule has 0 atom stereocenters. The van der Waals surface area contributed by atoms with Crippen molar-refractivity contribution in [2.75, 3.05) is 0 Å². The van der Waals surface area contributed by atoms with Crippen LogP contribution >= 0.6 is 0 Å². The van der Waals surface area contributed by atoms with Gasteiger partial charge in [0.2, 0.25) is 0 Å². The van der Waals surface area contributed by atoms with Crippen LogP contribution in [0.3, 0.4) is 0 Å². The first kappa shape index (κ1) is 9.68. The number of aromatic nitrogens is 1. The molecule has 0 unspecified atom stereocenters. The molecule has 1 aromatic heterocycles. The zero-order valence-corrected chi connectivity index (χ0v) is 8.13. The molecule has 15 heavy (non-hydrogen) atoms. The lowest BCUT2D eigenvalue weighted by Crippen LogP contribution is -1.94. The molecule has 76 valence electrons. The van der Waals surface area contributed by atoms with Gasteiger partial charge in [0, 0.05) is 6.20 Å². The Morgan fingerprint density at radius 1 is 1.07 bits per heavy atom. The molecule has 0 spiro atoms. The molecule has 1 N–H and O–H groups in total. The van der Waals surface area contributed by atoms with E-state index in [9.17, 15) is 0 Å². The van der Waals surface area contributed by atoms with E-state index in [0.29, 0.717) is 11.4 Å². The molecule has 0 fully saturated rings. The standard InChI is InChI=1S/C12H11NO2/c14-9-11-12(7-4-8-13-11)15-10-5-2-1-3-6-10/h1-8,14H,9H2. The number of hydrogen-bond acceptors (Lipinski definition) is 3. The molecular formula is C12H11NO2. The average Bonchev–Trinajstić information content (AvgIpc) is 2.31. The number of aliphatic hydroxyl groups is 1. The van der Waals surface area contributed by atoms with Crippen LogP contribution in [-0.4, -0.2) is 10.1 Å². The van der Waals surface area contributed by atoms with Crippen LogP contribution in [0.5, 0.6) is 11.5 Å². The third-order valence-corrected chi connectivity index (χ3v) is 1.97. The van der Waals surface area contributed by atoms with E-state index < -0.39 is 0 Å². The molecule has 0 aliphatic carbocycles. The number of rotatable bonds is 3. The van der Waals surface area contributed by atoms with Crippen molar-refractivity contribution in [3.05, 3.63) is 54.4 Å². The molecule has 1 aromatic carbocycles. The zero-order valence-electron chi connectivity index (χ0n) is 8.13. The third kappa shape index (κ3) is 2.33. The van der Waals surface area contributed by atoms with Gasteiger partial charge in [-0.2, -0.15) is 0 Å². The highest BCUT2D eigenvalue weighted by Crippen LogP contribution is 2.23. The van der Waals surface area contributed by atoms with Gasteiger partial charge in [0.25, 0.3) is 0 Å². The van der Waals surface area contributed by atoms with Gasteiger partial charge in [-0.25, -0.2) is 0 Å². The van der Waals surface area contributed by atoms with E-state index in [2.05, 4.69) is 4.98 Å². The molecule has 0 saturated heterocycles. The van der Waals surface area contributed by atoms with Gasteiger partial charge in [0.1, 0.15) is 11.4 Å². The zero-order chi connectivity index (χ0) is 10.5. The monoisotopic (exact) mass is 201 g/mol. The fourth-order valence-electron chi connectivity index (χ4n) is 1.25. The minimum Gasteiger partial charge on any atom is -0.455 e. The van der Waals surface area contributed by atoms with Crippen LogP contribution in [0.25, 0.3) is 0 Å². The van der Waals surface area contributed by atoms with E-state index in [1.165, 1.54) is 0 Å². The number of nitrogens with zero attached hydrogens (tertiary/aromatic N) is 1. The molecule has 0 radical (unpaired) electrons. The first-order chi connectivity index (χ1) is 7.40. The number of pyridine rings is 1. The number of hydrogen-bond donors (Lipinski definition) is 1. The maximum atomic E-state index is 9.05. The van der Waals surface area contributed by atoms with E-state index in [1.54, 1.807) is 18.3 Å². The average molecular weight is 201 g/mol. The highest BCUT2D eigenvalue weighted by Gasteiger charge is 2.03. The Balaban J connectivity index is 2.24. The summed E-state index contributed by atoms with van der Waals surface area (Å²) in [6.07, 6.45) is 1.63. The van der Waals surface area contributed by atoms with Crippen molar-refractivity contribution in [2.45, 2.75) is 6.61 Å². The van der Waals surface area contributed by atoms with Crippen LogP contribution in [0.2, 0.25) is 0 Å². The van der Waals surface area contributed by atoms with E-state index in [4.69, 9.17) is 9.84 Å². The highest BCUT2D eigenvalue weighted by molar-refractivity contribution is 5.33. The Morgan fingerprint density at radius 3 is 2.60 bits per heavy atom. The van der Waals surface area contributed by atoms with E-state index in [1.807, 2.05) is 30.3 Å². The minimum atomic E-state index is -0.122. The predicted octanol–water partition coefficient (Wildman–Crippen LogP) is 2.37. The normalized spacial score (nSPS) is 9.93. The lowest BCUT2D eigenvalue weighted by Gasteiger charge is -2.07. The smallest absolute Gasteiger partial charge is 0.151 e. The van der Waals surface area contributed by atoms with Crippen LogP contribution in [-0.2, 0) is 6.61 Å². The van der Waals surface area contributed by atoms with Gasteiger partial charge < -0.3 is 9.84 Å². The Morgan fingerprint density at radius 2 is 1.87 bits per heavy atom. The molecule has 0 aliphatic rings. The fraction of sp³-hybridized carbons (Fsp3) is 0.0833. The molecule has 0 amide bonds. The van der Waals surface area contributed by atoms with Crippen LogP contribution in [0.4, 0.5) is 0 Å². The van der Waals surface area contributed by atoms with Gasteiger partial charge in [-0.1, -0.05) is 18.2 Å². The topological polar surface area (TPSA) is 42.4 Å². The fourth-order valence-corrected chi connectivity index (χ4v) is 1.25. The van der Waals surface area contributed by atoms with E-state index in [0.717, 1.165) is 5.75 Å². The maximum absolute atomic E-state index is 9.05. The summed E-state index contributed by atoms with van der Waals surface area (Å²) in [7, 11) is 0. The molecule has 0 bridgehead atoms. The number of benzene rings is 1. The first-order valence-electron chi connectivity index (χ1n) is 4.68. The summed E-state index contributed by atoms with van der Waals surface area (Å²) in [6.45, 7) is -0.122. The minimum absolute atomic E-state index is 0.122. The summed E-state index contributed by atoms with van der Waals surface area (Å²) >= 11 is 0. The lowest BCUT2D eigenvalue weighted by atomic mass is 10.3. The Kier molecular flexibility index (Phi) is 2.95. The van der Waals surface area contributed by atoms with Gasteiger partial charge in [-0.3, -0.25) is 4.98 Å². The van der Waals surface area contributed by atoms with Gasteiger partial charge in [-0.05, 0) is 24.3 Å². The summed E-state index contributed by atoms with van der Waals surface area (Å²) in [5.74, 6) is 1.33. The Labute approximate surface area is 88.0 Å². The second-order valence-corrected chi connectivity index (χ2v) is 3.02. The lowest BCUT2D eigenvalue weighted by molar-refractivity contribution is 0.271. The van der Waals surface area contributed by atoms with Crippen molar-refractivity contribution in [2.24, 2.45) is 0 Å². The predicted molar refractivity (Wildman–Crippen MR) is 56.7 cm³/mol. The summed E-state index contributed by atoms with van der Waals surface area (Å²) in [6, 6.07) is 13.0. The van der Waals surface area contributed by atoms with Crippen LogP contribution in [0.15, 0.2) is 48.7 Å². The van der Waals surface area contributed by atoms with Crippen molar-refractivity contribution in [1.82, 2.24) is 4.98 Å². The quantitative estimate of drug-likeness (QED) is 0.828. The Bertz CT molecular complexity index is 429. The van der Waals surface area contributed by atoms with Gasteiger partial charge in [0.15, 0.2) is 5.75 Å². The van der Waals surface area contributed by atoms with Crippen molar-refractivity contribution in [1.29, 1.82) is 0 Å². The second kappa shape index (κ2) is 4.57. The van der Waals surface area contributed by atoms with E-state index >= 15 is 0 Å². The summed E-state index contributed by atoms with van der Waals surface area (Å²) < 4.78 is 5.58. The first-order valence-corrected chi connectivity index (χ1v) is 4.68. The Hall–Kier alpha value is -1.87. The van der Waals surface area contributed by atoms with E-state index in [-0.39, 0.29) is 6.61 Å². The SMILES string of the molecule is OCc1ncccc1Oc1ccccc1. The van der Waals surface area contributed by atoms with Gasteiger partial charge >= 0.3 is 0 Å². The summed E-state index contributed by atoms with van der Waals surface area (Å²) in [5, 5.41) is 9.05. The molecule has 1 heterocycles. The van der Waals surface area contributed by atoms with Crippen LogP contribution < -0.4 is 4.74 Å². The molecule has 0 saturated carbocycles. The molecule has 3 heteroatoms. The maximum Gasteiger partial charge on any atom is 0.151 e. The number of aliphatic hydroxyl groups excluding tert-OH is 1.